The maximum atomic E-state index is 2.48. The molecule has 0 radical (unpaired) electrons. The van der Waals surface area contributed by atoms with Crippen molar-refractivity contribution in [1.82, 2.24) is 0 Å². The van der Waals surface area contributed by atoms with Crippen molar-refractivity contribution in [3.63, 3.8) is 0 Å². The smallest absolute Gasteiger partial charge is 0.00578 e. The molecule has 2 aliphatic carbocycles. The highest BCUT2D eigenvalue weighted by Gasteiger charge is 2.31. The van der Waals surface area contributed by atoms with Crippen LogP contribution in [0.4, 0.5) is 0 Å². The molecule has 0 heteroatoms. The zero-order valence-corrected chi connectivity index (χ0v) is 28.7. The Kier molecular flexibility index (Phi) is 7.64. The molecule has 4 aromatic rings. The molecule has 2 atom stereocenters. The number of benzene rings is 4. The van der Waals surface area contributed by atoms with Gasteiger partial charge in [-0.05, 0) is 118 Å². The van der Waals surface area contributed by atoms with Crippen LogP contribution in [0.1, 0.15) is 125 Å². The summed E-state index contributed by atoms with van der Waals surface area (Å²) in [6.45, 7) is 23.0. The van der Waals surface area contributed by atoms with Gasteiger partial charge in [0, 0.05) is 11.8 Å². The maximum absolute atomic E-state index is 2.48. The summed E-state index contributed by atoms with van der Waals surface area (Å²) in [4.78, 5) is 0. The molecule has 0 bridgehead atoms. The summed E-state index contributed by atoms with van der Waals surface area (Å²) in [6.07, 6.45) is 7.30. The fraction of sp³-hybridized carbons (Fsp3) is 0.364. The molecule has 2 aliphatic rings. The minimum Gasteiger partial charge on any atom is -0.0652 e. The number of rotatable bonds is 5. The monoisotopic (exact) mass is 578 g/mol. The Morgan fingerprint density at radius 3 is 1.11 bits per heavy atom. The van der Waals surface area contributed by atoms with E-state index in [1.165, 1.54) is 79.6 Å². The molecule has 0 aromatic heterocycles. The second kappa shape index (κ2) is 11.1. The lowest BCUT2D eigenvalue weighted by Gasteiger charge is -2.23. The van der Waals surface area contributed by atoms with E-state index in [2.05, 4.69) is 154 Å². The van der Waals surface area contributed by atoms with E-state index in [-0.39, 0.29) is 10.8 Å². The fourth-order valence-electron chi connectivity index (χ4n) is 7.72. The van der Waals surface area contributed by atoms with E-state index in [1.807, 2.05) is 0 Å². The summed E-state index contributed by atoms with van der Waals surface area (Å²) in [5.41, 5.74) is 20.3. The van der Waals surface area contributed by atoms with Crippen LogP contribution in [0.25, 0.3) is 34.4 Å². The van der Waals surface area contributed by atoms with E-state index in [4.69, 9.17) is 0 Å². The van der Waals surface area contributed by atoms with Crippen LogP contribution in [0, 0.1) is 13.8 Å². The van der Waals surface area contributed by atoms with Gasteiger partial charge >= 0.3 is 0 Å². The van der Waals surface area contributed by atoms with Crippen molar-refractivity contribution in [2.75, 3.05) is 0 Å². The van der Waals surface area contributed by atoms with Crippen molar-refractivity contribution >= 4 is 12.2 Å². The summed E-state index contributed by atoms with van der Waals surface area (Å²) in [5, 5.41) is 0. The topological polar surface area (TPSA) is 0 Å². The van der Waals surface area contributed by atoms with Crippen LogP contribution in [0.15, 0.2) is 83.9 Å². The van der Waals surface area contributed by atoms with Gasteiger partial charge in [0.1, 0.15) is 0 Å². The maximum Gasteiger partial charge on any atom is 0.00578 e. The molecule has 0 N–H and O–H groups in total. The Labute approximate surface area is 267 Å². The van der Waals surface area contributed by atoms with Gasteiger partial charge in [-0.15, -0.1) is 0 Å². The summed E-state index contributed by atoms with van der Waals surface area (Å²) in [5.74, 6) is 0.952. The highest BCUT2D eigenvalue weighted by Crippen LogP contribution is 2.49. The van der Waals surface area contributed by atoms with Crippen LogP contribution in [-0.4, -0.2) is 0 Å². The molecule has 0 fully saturated rings. The summed E-state index contributed by atoms with van der Waals surface area (Å²) in [7, 11) is 0. The van der Waals surface area contributed by atoms with Crippen LogP contribution < -0.4 is 0 Å². The van der Waals surface area contributed by atoms with Crippen molar-refractivity contribution in [2.45, 2.75) is 105 Å². The molecule has 0 amide bonds. The van der Waals surface area contributed by atoms with Gasteiger partial charge in [0.05, 0.1) is 0 Å². The van der Waals surface area contributed by atoms with E-state index >= 15 is 0 Å². The summed E-state index contributed by atoms with van der Waals surface area (Å²) in [6, 6.07) is 27.9. The van der Waals surface area contributed by atoms with Crippen LogP contribution in [0.3, 0.4) is 0 Å². The van der Waals surface area contributed by atoms with E-state index in [0.717, 1.165) is 0 Å². The first-order valence-corrected chi connectivity index (χ1v) is 16.6. The van der Waals surface area contributed by atoms with Crippen LogP contribution in [0.5, 0.6) is 0 Å². The Morgan fingerprint density at radius 2 is 0.795 bits per heavy atom. The van der Waals surface area contributed by atoms with Gasteiger partial charge in [0.25, 0.3) is 0 Å². The largest absolute Gasteiger partial charge is 0.0652 e. The average molecular weight is 579 g/mol. The number of fused-ring (bicyclic) bond motifs is 2. The van der Waals surface area contributed by atoms with Crippen molar-refractivity contribution in [3.05, 3.63) is 128 Å². The predicted molar refractivity (Wildman–Crippen MR) is 193 cm³/mol. The molecule has 0 nitrogen and oxygen atoms in total. The number of hydrogen-bond acceptors (Lipinski definition) is 0. The first-order chi connectivity index (χ1) is 20.7. The van der Waals surface area contributed by atoms with E-state index in [9.17, 15) is 0 Å². The number of allylic oxidation sites excluding steroid dienone is 2. The molecular formula is C44H50. The highest BCUT2D eigenvalue weighted by molar-refractivity contribution is 5.84. The lowest BCUT2D eigenvalue weighted by atomic mass is 9.81. The Balaban J connectivity index is 1.29. The van der Waals surface area contributed by atoms with E-state index in [1.54, 1.807) is 11.1 Å². The predicted octanol–water partition coefficient (Wildman–Crippen LogP) is 12.7. The third-order valence-electron chi connectivity index (χ3n) is 10.4. The third kappa shape index (κ3) is 5.42. The molecule has 0 aliphatic heterocycles. The van der Waals surface area contributed by atoms with Crippen LogP contribution in [0.2, 0.25) is 0 Å². The second-order valence-electron chi connectivity index (χ2n) is 15.6. The molecule has 2 unspecified atom stereocenters. The van der Waals surface area contributed by atoms with Gasteiger partial charge in [-0.2, -0.15) is 0 Å². The van der Waals surface area contributed by atoms with Crippen molar-refractivity contribution < 1.29 is 0 Å². The van der Waals surface area contributed by atoms with Crippen LogP contribution >= 0.6 is 0 Å². The van der Waals surface area contributed by atoms with Gasteiger partial charge in [-0.3, -0.25) is 0 Å². The zero-order chi connectivity index (χ0) is 31.6. The van der Waals surface area contributed by atoms with E-state index in [0.29, 0.717) is 11.8 Å². The lowest BCUT2D eigenvalue weighted by Crippen LogP contribution is -2.10. The minimum absolute atomic E-state index is 0.163. The van der Waals surface area contributed by atoms with E-state index < -0.39 is 0 Å². The number of hydrogen-bond donors (Lipinski definition) is 0. The SMILES string of the molecule is CC1=Cc2c(-c3ccc(C(C)(C)C)cc3)ccc(C)c2C1CCC1C(C)=Cc2c(-c3ccc(C(C)(C)C)cc3)ccc(C)c21. The molecular weight excluding hydrogens is 528 g/mol. The summed E-state index contributed by atoms with van der Waals surface area (Å²) < 4.78 is 0. The second-order valence-corrected chi connectivity index (χ2v) is 15.6. The van der Waals surface area contributed by atoms with Crippen molar-refractivity contribution in [3.8, 4) is 22.3 Å². The molecule has 6 rings (SSSR count). The Bertz CT molecular complexity index is 1640. The number of aryl methyl sites for hydroxylation is 2. The van der Waals surface area contributed by atoms with Gasteiger partial charge in [0.2, 0.25) is 0 Å². The first-order valence-electron chi connectivity index (χ1n) is 16.6. The molecule has 0 saturated carbocycles. The normalized spacial score (nSPS) is 17.8. The van der Waals surface area contributed by atoms with Gasteiger partial charge in [-0.25, -0.2) is 0 Å². The first kappa shape index (κ1) is 30.4. The molecule has 0 spiro atoms. The fourth-order valence-corrected chi connectivity index (χ4v) is 7.72. The molecule has 0 heterocycles. The van der Waals surface area contributed by atoms with Crippen LogP contribution in [-0.2, 0) is 10.8 Å². The molecule has 44 heavy (non-hydrogen) atoms. The average Bonchev–Trinajstić information content (AvgIpc) is 3.48. The highest BCUT2D eigenvalue weighted by atomic mass is 14.4. The third-order valence-corrected chi connectivity index (χ3v) is 10.4. The lowest BCUT2D eigenvalue weighted by molar-refractivity contribution is 0.590. The molecule has 4 aromatic carbocycles. The standard InChI is InChI=1S/C44H50/c1-27-11-21-37(31-13-17-33(18-14-31)43(5,6)7)39-25-29(3)35(41(27)39)23-24-36-30(4)26-40-38(22-12-28(2)42(36)40)32-15-19-34(20-16-32)44(8,9)10/h11-22,25-26,35-36H,23-24H2,1-10H3. The van der Waals surface area contributed by atoms with Gasteiger partial charge in [0.15, 0.2) is 0 Å². The Morgan fingerprint density at radius 1 is 0.455 bits per heavy atom. The Hall–Kier alpha value is -3.64. The van der Waals surface area contributed by atoms with Crippen molar-refractivity contribution in [1.29, 1.82) is 0 Å². The zero-order valence-electron chi connectivity index (χ0n) is 28.7. The van der Waals surface area contributed by atoms with Gasteiger partial charge in [-0.1, -0.05) is 138 Å². The minimum atomic E-state index is 0.163. The molecule has 226 valence electrons. The van der Waals surface area contributed by atoms with Crippen molar-refractivity contribution in [2.24, 2.45) is 0 Å². The van der Waals surface area contributed by atoms with Gasteiger partial charge < -0.3 is 0 Å². The molecule has 0 saturated heterocycles. The quantitative estimate of drug-likeness (QED) is 0.221. The summed E-state index contributed by atoms with van der Waals surface area (Å²) >= 11 is 0.